The lowest BCUT2D eigenvalue weighted by Gasteiger charge is -2.43. The maximum atomic E-state index is 10.2. The second kappa shape index (κ2) is 9.25. The van der Waals surface area contributed by atoms with Crippen LogP contribution in [0.5, 0.6) is 5.75 Å². The number of nitrogens with two attached hydrogens (primary N) is 1. The molecule has 1 aliphatic carbocycles. The van der Waals surface area contributed by atoms with Gasteiger partial charge in [-0.15, -0.1) is 0 Å². The first kappa shape index (κ1) is 24.3. The van der Waals surface area contributed by atoms with E-state index in [-0.39, 0.29) is 18.1 Å². The van der Waals surface area contributed by atoms with Crippen LogP contribution in [0.1, 0.15) is 47.0 Å². The maximum absolute atomic E-state index is 10.2. The number of aryl methyl sites for hydroxylation is 2. The number of hydrogen-bond acceptors (Lipinski definition) is 6. The van der Waals surface area contributed by atoms with Crippen LogP contribution in [0, 0.1) is 19.3 Å². The quantitative estimate of drug-likeness (QED) is 0.485. The Hall–Kier alpha value is -2.38. The average molecular weight is 513 g/mol. The van der Waals surface area contributed by atoms with Crippen molar-refractivity contribution in [2.75, 3.05) is 25.1 Å². The molecule has 1 aliphatic heterocycles. The normalized spacial score (nSPS) is 18.7. The van der Waals surface area contributed by atoms with E-state index in [1.807, 2.05) is 13.0 Å². The second-order valence-electron chi connectivity index (χ2n) is 9.74. The van der Waals surface area contributed by atoms with Crippen molar-refractivity contribution in [1.82, 2.24) is 9.97 Å². The zero-order chi connectivity index (χ0) is 24.9. The number of anilines is 1. The molecule has 0 bridgehead atoms. The molecule has 1 saturated heterocycles. The Bertz CT molecular complexity index is 1290. The lowest BCUT2D eigenvalue weighted by molar-refractivity contribution is 0.186. The van der Waals surface area contributed by atoms with Crippen LogP contribution in [-0.2, 0) is 13.0 Å². The SMILES string of the molecule is COc1ccc(-c2nc(CO)c(N3CCC4(CC3)Cc3ccc(C)cc3[C@H]4N)nc2C)c(Cl)c1Cl. The molecule has 2 heterocycles. The van der Waals surface area contributed by atoms with Crippen molar-refractivity contribution >= 4 is 29.0 Å². The van der Waals surface area contributed by atoms with Crippen LogP contribution in [-0.4, -0.2) is 35.3 Å². The molecule has 1 atom stereocenters. The summed E-state index contributed by atoms with van der Waals surface area (Å²) < 4.78 is 5.26. The number of halogens is 2. The van der Waals surface area contributed by atoms with E-state index in [2.05, 4.69) is 30.0 Å². The van der Waals surface area contributed by atoms with Gasteiger partial charge in [0.2, 0.25) is 0 Å². The maximum Gasteiger partial charge on any atom is 0.153 e. The predicted molar refractivity (Wildman–Crippen MR) is 140 cm³/mol. The van der Waals surface area contributed by atoms with Crippen molar-refractivity contribution in [1.29, 1.82) is 0 Å². The lowest BCUT2D eigenvalue weighted by atomic mass is 9.73. The highest BCUT2D eigenvalue weighted by Gasteiger charge is 2.46. The average Bonchev–Trinajstić information content (AvgIpc) is 3.12. The summed E-state index contributed by atoms with van der Waals surface area (Å²) in [5.41, 5.74) is 13.3. The first-order valence-corrected chi connectivity index (χ1v) is 12.6. The molecule has 35 heavy (non-hydrogen) atoms. The van der Waals surface area contributed by atoms with Crippen LogP contribution in [0.15, 0.2) is 30.3 Å². The molecule has 184 valence electrons. The number of aliphatic hydroxyl groups is 1. The Morgan fingerprint density at radius 3 is 2.54 bits per heavy atom. The Morgan fingerprint density at radius 2 is 1.86 bits per heavy atom. The summed E-state index contributed by atoms with van der Waals surface area (Å²) in [4.78, 5) is 11.9. The zero-order valence-corrected chi connectivity index (χ0v) is 21.7. The Kier molecular flexibility index (Phi) is 6.43. The minimum Gasteiger partial charge on any atom is -0.495 e. The van der Waals surface area contributed by atoms with Crippen LogP contribution in [0.2, 0.25) is 10.0 Å². The smallest absolute Gasteiger partial charge is 0.153 e. The highest BCUT2D eigenvalue weighted by Crippen LogP contribution is 2.51. The highest BCUT2D eigenvalue weighted by atomic mass is 35.5. The number of benzene rings is 2. The number of rotatable bonds is 4. The van der Waals surface area contributed by atoms with Crippen LogP contribution in [0.25, 0.3) is 11.3 Å². The third-order valence-corrected chi connectivity index (χ3v) is 8.55. The largest absolute Gasteiger partial charge is 0.495 e. The van der Waals surface area contributed by atoms with Gasteiger partial charge in [0.1, 0.15) is 16.5 Å². The number of methoxy groups -OCH3 is 1. The van der Waals surface area contributed by atoms with Crippen molar-refractivity contribution in [3.63, 3.8) is 0 Å². The molecule has 8 heteroatoms. The Morgan fingerprint density at radius 1 is 1.11 bits per heavy atom. The van der Waals surface area contributed by atoms with E-state index >= 15 is 0 Å². The number of aliphatic hydroxyl groups excluding tert-OH is 1. The van der Waals surface area contributed by atoms with Gasteiger partial charge in [0.25, 0.3) is 0 Å². The molecule has 1 aromatic heterocycles. The van der Waals surface area contributed by atoms with Gasteiger partial charge in [-0.1, -0.05) is 47.0 Å². The number of nitrogens with zero attached hydrogens (tertiary/aromatic N) is 3. The Balaban J connectivity index is 1.41. The molecule has 0 radical (unpaired) electrons. The van der Waals surface area contributed by atoms with E-state index in [0.717, 1.165) is 43.9 Å². The fraction of sp³-hybridized carbons (Fsp3) is 0.407. The number of fused-ring (bicyclic) bond motifs is 1. The summed E-state index contributed by atoms with van der Waals surface area (Å²) >= 11 is 12.9. The molecule has 0 saturated carbocycles. The summed E-state index contributed by atoms with van der Waals surface area (Å²) in [6, 6.07) is 10.3. The fourth-order valence-corrected chi connectivity index (χ4v) is 6.15. The van der Waals surface area contributed by atoms with E-state index in [0.29, 0.717) is 32.7 Å². The monoisotopic (exact) mass is 512 g/mol. The van der Waals surface area contributed by atoms with Gasteiger partial charge >= 0.3 is 0 Å². The third-order valence-electron chi connectivity index (χ3n) is 7.69. The van der Waals surface area contributed by atoms with Crippen LogP contribution < -0.4 is 15.4 Å². The fourth-order valence-electron chi connectivity index (χ4n) is 5.66. The predicted octanol–water partition coefficient (Wildman–Crippen LogP) is 5.41. The van der Waals surface area contributed by atoms with Gasteiger partial charge in [-0.2, -0.15) is 0 Å². The van der Waals surface area contributed by atoms with Crippen molar-refractivity contribution in [3.05, 3.63) is 68.5 Å². The number of ether oxygens (including phenoxy) is 1. The van der Waals surface area contributed by atoms with Crippen molar-refractivity contribution in [2.45, 2.75) is 45.8 Å². The summed E-state index contributed by atoms with van der Waals surface area (Å²) in [6.45, 7) is 5.43. The molecule has 5 rings (SSSR count). The summed E-state index contributed by atoms with van der Waals surface area (Å²) in [5, 5.41) is 10.9. The standard InChI is InChI=1S/C27H30Cl2N4O2/c1-15-4-5-17-13-27(25(30)19(17)12-15)8-10-33(11-9-27)26-20(14-34)32-24(16(2)31-26)18-6-7-21(35-3)23(29)22(18)28/h4-7,12,25,34H,8-11,13-14,30H2,1-3H3/t25-/m1/s1. The van der Waals surface area contributed by atoms with Crippen molar-refractivity contribution < 1.29 is 9.84 Å². The zero-order valence-electron chi connectivity index (χ0n) is 20.2. The summed E-state index contributed by atoms with van der Waals surface area (Å²) in [5.74, 6) is 1.22. The topological polar surface area (TPSA) is 84.5 Å². The van der Waals surface area contributed by atoms with Crippen LogP contribution in [0.3, 0.4) is 0 Å². The van der Waals surface area contributed by atoms with Gasteiger partial charge in [-0.3, -0.25) is 0 Å². The molecular weight excluding hydrogens is 483 g/mol. The van der Waals surface area contributed by atoms with Gasteiger partial charge in [-0.05, 0) is 61.8 Å². The van der Waals surface area contributed by atoms with Gasteiger partial charge in [-0.25, -0.2) is 9.97 Å². The minimum absolute atomic E-state index is 0.0500. The second-order valence-corrected chi connectivity index (χ2v) is 10.5. The molecular formula is C27H30Cl2N4O2. The highest BCUT2D eigenvalue weighted by molar-refractivity contribution is 6.44. The van der Waals surface area contributed by atoms with Crippen LogP contribution in [0.4, 0.5) is 5.82 Å². The van der Waals surface area contributed by atoms with E-state index in [9.17, 15) is 5.11 Å². The first-order chi connectivity index (χ1) is 16.8. The van der Waals surface area contributed by atoms with E-state index in [1.165, 1.54) is 16.7 Å². The molecule has 2 aliphatic rings. The van der Waals surface area contributed by atoms with E-state index in [4.69, 9.17) is 43.6 Å². The number of aromatic nitrogens is 2. The lowest BCUT2D eigenvalue weighted by Crippen LogP contribution is -2.45. The van der Waals surface area contributed by atoms with Gasteiger partial charge in [0, 0.05) is 24.7 Å². The number of hydrogen-bond donors (Lipinski definition) is 2. The molecule has 6 nitrogen and oxygen atoms in total. The number of piperidine rings is 1. The summed E-state index contributed by atoms with van der Waals surface area (Å²) in [6.07, 6.45) is 2.95. The van der Waals surface area contributed by atoms with Gasteiger partial charge in [0.15, 0.2) is 5.82 Å². The molecule has 3 N–H and O–H groups in total. The molecule has 0 amide bonds. The molecule has 2 aromatic carbocycles. The third kappa shape index (κ3) is 4.06. The van der Waals surface area contributed by atoms with Gasteiger partial charge < -0.3 is 20.5 Å². The molecule has 0 unspecified atom stereocenters. The van der Waals surface area contributed by atoms with Crippen LogP contribution >= 0.6 is 23.2 Å². The summed E-state index contributed by atoms with van der Waals surface area (Å²) in [7, 11) is 1.54. The van der Waals surface area contributed by atoms with E-state index in [1.54, 1.807) is 13.2 Å². The minimum atomic E-state index is -0.219. The Labute approximate surface area is 216 Å². The molecule has 1 spiro atoms. The van der Waals surface area contributed by atoms with E-state index < -0.39 is 0 Å². The first-order valence-electron chi connectivity index (χ1n) is 11.9. The van der Waals surface area contributed by atoms with Crippen molar-refractivity contribution in [3.8, 4) is 17.0 Å². The van der Waals surface area contributed by atoms with Crippen molar-refractivity contribution in [2.24, 2.45) is 11.1 Å². The van der Waals surface area contributed by atoms with Gasteiger partial charge in [0.05, 0.1) is 30.1 Å². The molecule has 3 aromatic rings. The molecule has 1 fully saturated rings.